The van der Waals surface area contributed by atoms with Gasteiger partial charge in [-0.2, -0.15) is 0 Å². The zero-order valence-corrected chi connectivity index (χ0v) is 19.1. The van der Waals surface area contributed by atoms with Crippen LogP contribution in [0.3, 0.4) is 0 Å². The molecule has 0 fully saturated rings. The fourth-order valence-electron chi connectivity index (χ4n) is 3.25. The molecule has 11 heteroatoms. The van der Waals surface area contributed by atoms with E-state index in [1.807, 2.05) is 0 Å². The number of benzene rings is 3. The van der Waals surface area contributed by atoms with Crippen LogP contribution in [-0.2, 0) is 9.59 Å². The van der Waals surface area contributed by atoms with Gasteiger partial charge in [0.15, 0.2) is 10.9 Å². The van der Waals surface area contributed by atoms with E-state index >= 15 is 0 Å². The van der Waals surface area contributed by atoms with Crippen LogP contribution >= 0.6 is 11.8 Å². The van der Waals surface area contributed by atoms with Gasteiger partial charge in [-0.1, -0.05) is 54.2 Å². The van der Waals surface area contributed by atoms with E-state index in [9.17, 15) is 27.2 Å². The van der Waals surface area contributed by atoms with Gasteiger partial charge >= 0.3 is 6.36 Å². The minimum Gasteiger partial charge on any atom is -0.404 e. The molecule has 3 aromatic carbocycles. The third kappa shape index (κ3) is 6.30. The van der Waals surface area contributed by atoms with Crippen LogP contribution in [0.4, 0.5) is 28.9 Å². The predicted octanol–water partition coefficient (Wildman–Crippen LogP) is 5.84. The second kappa shape index (κ2) is 10.6. The number of hydrogen-bond donors (Lipinski definition) is 1. The van der Waals surface area contributed by atoms with Gasteiger partial charge in [0.05, 0.1) is 17.1 Å². The summed E-state index contributed by atoms with van der Waals surface area (Å²) < 4.78 is 55.5. The van der Waals surface area contributed by atoms with Crippen molar-refractivity contribution >= 4 is 46.2 Å². The molecule has 1 N–H and O–H groups in total. The van der Waals surface area contributed by atoms with Gasteiger partial charge in [0.1, 0.15) is 11.5 Å². The third-order valence-corrected chi connectivity index (χ3v) is 5.65. The van der Waals surface area contributed by atoms with E-state index in [2.05, 4.69) is 15.0 Å². The standard InChI is InChI=1S/C25H17F4N3O3S/c26-17-8-6-7-16(13-17)14-20-23(34)32(18-9-2-1-3-10-18)24(31-20)36-15-22(33)30-19-11-4-5-12-21(19)35-25(27,28)29/h1-14H,15H2,(H,30,33)/b20-14+. The van der Waals surface area contributed by atoms with Crippen LogP contribution in [0.5, 0.6) is 5.75 Å². The number of amidine groups is 1. The van der Waals surface area contributed by atoms with E-state index in [0.717, 1.165) is 17.8 Å². The number of carbonyl (C=O) groups is 2. The molecule has 0 saturated carbocycles. The Morgan fingerprint density at radius 2 is 1.75 bits per heavy atom. The first-order chi connectivity index (χ1) is 17.2. The molecular formula is C25H17F4N3O3S. The summed E-state index contributed by atoms with van der Waals surface area (Å²) in [5.41, 5.74) is 0.814. The fraction of sp³-hybridized carbons (Fsp3) is 0.0800. The van der Waals surface area contributed by atoms with E-state index in [-0.39, 0.29) is 22.3 Å². The van der Waals surface area contributed by atoms with Crippen LogP contribution < -0.4 is 15.0 Å². The lowest BCUT2D eigenvalue weighted by molar-refractivity contribution is -0.274. The maximum absolute atomic E-state index is 13.6. The number of para-hydroxylation sites is 3. The minimum absolute atomic E-state index is 0.0382. The van der Waals surface area contributed by atoms with Gasteiger partial charge in [0.2, 0.25) is 5.91 Å². The lowest BCUT2D eigenvalue weighted by atomic mass is 10.2. The topological polar surface area (TPSA) is 71.0 Å². The Labute approximate surface area is 207 Å². The number of halogens is 4. The van der Waals surface area contributed by atoms with Crippen molar-refractivity contribution in [2.45, 2.75) is 6.36 Å². The van der Waals surface area contributed by atoms with Crippen molar-refractivity contribution in [3.63, 3.8) is 0 Å². The summed E-state index contributed by atoms with van der Waals surface area (Å²) in [6.45, 7) is 0. The highest BCUT2D eigenvalue weighted by atomic mass is 32.2. The average molecular weight is 515 g/mol. The molecule has 1 aliphatic heterocycles. The number of nitrogens with zero attached hydrogens (tertiary/aromatic N) is 2. The van der Waals surface area contributed by atoms with Crippen LogP contribution in [0, 0.1) is 5.82 Å². The van der Waals surface area contributed by atoms with Crippen LogP contribution in [0.2, 0.25) is 0 Å². The Bertz CT molecular complexity index is 1340. The molecule has 1 heterocycles. The fourth-order valence-corrected chi connectivity index (χ4v) is 4.06. The van der Waals surface area contributed by atoms with Crippen LogP contribution in [0.1, 0.15) is 5.56 Å². The monoisotopic (exact) mass is 515 g/mol. The maximum Gasteiger partial charge on any atom is 0.573 e. The largest absolute Gasteiger partial charge is 0.573 e. The third-order valence-electron chi connectivity index (χ3n) is 4.72. The summed E-state index contributed by atoms with van der Waals surface area (Å²) >= 11 is 0.920. The average Bonchev–Trinajstić information content (AvgIpc) is 3.13. The highest BCUT2D eigenvalue weighted by molar-refractivity contribution is 8.14. The molecule has 0 aliphatic carbocycles. The molecule has 3 aromatic rings. The highest BCUT2D eigenvalue weighted by Crippen LogP contribution is 2.31. The van der Waals surface area contributed by atoms with E-state index in [1.54, 1.807) is 36.4 Å². The molecule has 0 aromatic heterocycles. The first-order valence-corrected chi connectivity index (χ1v) is 11.4. The van der Waals surface area contributed by atoms with Crippen LogP contribution in [-0.4, -0.2) is 29.1 Å². The van der Waals surface area contributed by atoms with Crippen LogP contribution in [0.15, 0.2) is 89.6 Å². The summed E-state index contributed by atoms with van der Waals surface area (Å²) in [5.74, 6) is -2.40. The molecule has 0 saturated heterocycles. The molecule has 6 nitrogen and oxygen atoms in total. The zero-order valence-electron chi connectivity index (χ0n) is 18.3. The van der Waals surface area contributed by atoms with E-state index in [1.165, 1.54) is 47.4 Å². The maximum atomic E-state index is 13.6. The van der Waals surface area contributed by atoms with Crippen molar-refractivity contribution < 1.29 is 31.9 Å². The van der Waals surface area contributed by atoms with Gasteiger partial charge in [-0.05, 0) is 48.0 Å². The SMILES string of the molecule is O=C(CSC1=N/C(=C/c2cccc(F)c2)C(=O)N1c1ccccc1)Nc1ccccc1OC(F)(F)F. The van der Waals surface area contributed by atoms with Gasteiger partial charge < -0.3 is 10.1 Å². The predicted molar refractivity (Wildman–Crippen MR) is 130 cm³/mol. The molecule has 2 amide bonds. The molecule has 0 spiro atoms. The lowest BCUT2D eigenvalue weighted by Gasteiger charge is -2.18. The number of amides is 2. The first kappa shape index (κ1) is 25.0. The number of ether oxygens (including phenoxy) is 1. The van der Waals surface area contributed by atoms with Gasteiger partial charge in [0, 0.05) is 0 Å². The Balaban J connectivity index is 1.54. The van der Waals surface area contributed by atoms with Gasteiger partial charge in [-0.3, -0.25) is 14.5 Å². The smallest absolute Gasteiger partial charge is 0.404 e. The second-order valence-corrected chi connectivity index (χ2v) is 8.28. The van der Waals surface area contributed by atoms with Crippen molar-refractivity contribution in [2.75, 3.05) is 16.0 Å². The van der Waals surface area contributed by atoms with Crippen molar-refractivity contribution in [3.05, 3.63) is 95.9 Å². The molecule has 184 valence electrons. The molecule has 0 atom stereocenters. The Hall–Kier alpha value is -4.12. The normalized spacial score (nSPS) is 14.7. The number of anilines is 2. The molecule has 0 bridgehead atoms. The van der Waals surface area contributed by atoms with Gasteiger partial charge in [0.25, 0.3) is 5.91 Å². The Morgan fingerprint density at radius 1 is 1.03 bits per heavy atom. The molecular weight excluding hydrogens is 498 g/mol. The Morgan fingerprint density at radius 3 is 2.47 bits per heavy atom. The summed E-state index contributed by atoms with van der Waals surface area (Å²) in [5, 5.41) is 2.56. The number of aliphatic imine (C=N–C) groups is 1. The van der Waals surface area contributed by atoms with Gasteiger partial charge in [-0.15, -0.1) is 13.2 Å². The lowest BCUT2D eigenvalue weighted by Crippen LogP contribution is -2.31. The van der Waals surface area contributed by atoms with Crippen molar-refractivity contribution in [3.8, 4) is 5.75 Å². The number of rotatable bonds is 6. The first-order valence-electron chi connectivity index (χ1n) is 10.4. The minimum atomic E-state index is -4.92. The molecule has 36 heavy (non-hydrogen) atoms. The summed E-state index contributed by atoms with van der Waals surface area (Å²) in [6.07, 6.45) is -3.49. The van der Waals surface area contributed by atoms with Crippen LogP contribution in [0.25, 0.3) is 6.08 Å². The number of thioether (sulfide) groups is 1. The van der Waals surface area contributed by atoms with Crippen molar-refractivity contribution in [1.82, 2.24) is 0 Å². The van der Waals surface area contributed by atoms with E-state index < -0.39 is 29.7 Å². The van der Waals surface area contributed by atoms with Crippen molar-refractivity contribution in [2.24, 2.45) is 4.99 Å². The summed E-state index contributed by atoms with van der Waals surface area (Å²) in [6, 6.07) is 19.4. The Kier molecular flexibility index (Phi) is 7.39. The number of hydrogen-bond acceptors (Lipinski definition) is 5. The van der Waals surface area contributed by atoms with E-state index in [4.69, 9.17) is 0 Å². The number of alkyl halides is 3. The van der Waals surface area contributed by atoms with Gasteiger partial charge in [-0.25, -0.2) is 9.38 Å². The number of carbonyl (C=O) groups excluding carboxylic acids is 2. The molecule has 1 aliphatic rings. The highest BCUT2D eigenvalue weighted by Gasteiger charge is 2.33. The number of nitrogens with one attached hydrogen (secondary N) is 1. The summed E-state index contributed by atoms with van der Waals surface area (Å²) in [7, 11) is 0. The second-order valence-electron chi connectivity index (χ2n) is 7.34. The zero-order chi connectivity index (χ0) is 25.7. The molecule has 0 radical (unpaired) electrons. The van der Waals surface area contributed by atoms with E-state index in [0.29, 0.717) is 11.3 Å². The molecule has 4 rings (SSSR count). The summed E-state index contributed by atoms with van der Waals surface area (Å²) in [4.78, 5) is 31.3. The molecule has 0 unspecified atom stereocenters. The quantitative estimate of drug-likeness (QED) is 0.331. The van der Waals surface area contributed by atoms with Crippen molar-refractivity contribution in [1.29, 1.82) is 0 Å².